The number of hydrogen-bond acceptors (Lipinski definition) is 4. The fraction of sp³-hybridized carbons (Fsp3) is 0.208. The minimum absolute atomic E-state index is 0.0435. The van der Waals surface area contributed by atoms with Gasteiger partial charge in [0, 0.05) is 24.6 Å². The van der Waals surface area contributed by atoms with E-state index in [1.807, 2.05) is 31.2 Å². The first-order valence-corrected chi connectivity index (χ1v) is 12.7. The van der Waals surface area contributed by atoms with Crippen LogP contribution in [0.1, 0.15) is 22.8 Å². The van der Waals surface area contributed by atoms with Crippen LogP contribution in [0.25, 0.3) is 0 Å². The third-order valence-corrected chi connectivity index (χ3v) is 7.60. The van der Waals surface area contributed by atoms with Gasteiger partial charge in [-0.05, 0) is 47.7 Å². The lowest BCUT2D eigenvalue weighted by Gasteiger charge is -2.27. The van der Waals surface area contributed by atoms with E-state index in [0.717, 1.165) is 24.9 Å². The number of thioether (sulfide) groups is 1. The molecule has 0 atom stereocenters. The molecule has 3 rings (SSSR count). The fourth-order valence-electron chi connectivity index (χ4n) is 3.12. The summed E-state index contributed by atoms with van der Waals surface area (Å²) in [6, 6.07) is 19.9. The minimum atomic E-state index is -3.95. The third-order valence-electron chi connectivity index (χ3n) is 4.84. The summed E-state index contributed by atoms with van der Waals surface area (Å²) in [5.74, 6) is -0.0178. The zero-order valence-electron chi connectivity index (χ0n) is 18.7. The van der Waals surface area contributed by atoms with Crippen LogP contribution in [0.15, 0.2) is 77.7 Å². The predicted molar refractivity (Wildman–Crippen MR) is 132 cm³/mol. The first-order chi connectivity index (χ1) is 15.7. The van der Waals surface area contributed by atoms with Crippen molar-refractivity contribution in [2.75, 3.05) is 29.5 Å². The molecule has 0 aliphatic rings. The van der Waals surface area contributed by atoms with Crippen molar-refractivity contribution in [3.63, 3.8) is 0 Å². The third kappa shape index (κ3) is 5.93. The number of carbonyl (C=O) groups is 1. The van der Waals surface area contributed by atoms with Crippen LogP contribution in [0.5, 0.6) is 0 Å². The molecule has 9 heteroatoms. The van der Waals surface area contributed by atoms with E-state index in [9.17, 15) is 17.6 Å². The van der Waals surface area contributed by atoms with Crippen molar-refractivity contribution in [1.29, 1.82) is 0 Å². The Morgan fingerprint density at radius 2 is 1.61 bits per heavy atom. The summed E-state index contributed by atoms with van der Waals surface area (Å²) in [6.45, 7) is 1.96. The molecule has 0 fully saturated rings. The zero-order valence-corrected chi connectivity index (χ0v) is 20.3. The summed E-state index contributed by atoms with van der Waals surface area (Å²) in [4.78, 5) is 13.7. The van der Waals surface area contributed by atoms with E-state index >= 15 is 0 Å². The summed E-state index contributed by atoms with van der Waals surface area (Å²) < 4.78 is 42.2. The lowest BCUT2D eigenvalue weighted by atomic mass is 10.1. The van der Waals surface area contributed by atoms with Crippen LogP contribution in [0.4, 0.5) is 15.8 Å². The van der Waals surface area contributed by atoms with Crippen molar-refractivity contribution in [1.82, 2.24) is 4.31 Å². The van der Waals surface area contributed by atoms with E-state index in [1.54, 1.807) is 42.1 Å². The highest BCUT2D eigenvalue weighted by Crippen LogP contribution is 2.28. The van der Waals surface area contributed by atoms with Crippen molar-refractivity contribution in [2.45, 2.75) is 18.4 Å². The van der Waals surface area contributed by atoms with E-state index in [4.69, 9.17) is 0 Å². The fourth-order valence-corrected chi connectivity index (χ4v) is 4.98. The average Bonchev–Trinajstić information content (AvgIpc) is 2.79. The van der Waals surface area contributed by atoms with Crippen molar-refractivity contribution >= 4 is 39.3 Å². The molecule has 1 amide bonds. The largest absolute Gasteiger partial charge is 0.321 e. The summed E-state index contributed by atoms with van der Waals surface area (Å²) in [5.41, 5.74) is 1.74. The molecule has 1 N–H and O–H groups in total. The van der Waals surface area contributed by atoms with Crippen molar-refractivity contribution in [3.05, 3.63) is 89.7 Å². The maximum absolute atomic E-state index is 14.4. The van der Waals surface area contributed by atoms with Crippen LogP contribution in [0.3, 0.4) is 0 Å². The first-order valence-electron chi connectivity index (χ1n) is 10.3. The average molecular weight is 488 g/mol. The Kier molecular flexibility index (Phi) is 8.12. The van der Waals surface area contributed by atoms with Gasteiger partial charge in [0.25, 0.3) is 5.91 Å². The molecule has 0 bridgehead atoms. The quantitative estimate of drug-likeness (QED) is 0.431. The van der Waals surface area contributed by atoms with E-state index in [2.05, 4.69) is 5.32 Å². The number of nitrogens with one attached hydrogen (secondary N) is 1. The zero-order chi connectivity index (χ0) is 24.0. The molecule has 0 unspecified atom stereocenters. The van der Waals surface area contributed by atoms with Gasteiger partial charge in [-0.15, -0.1) is 11.8 Å². The molecule has 0 heterocycles. The number of amides is 1. The molecule has 174 valence electrons. The molecule has 0 radical (unpaired) electrons. The Labute approximate surface area is 198 Å². The lowest BCUT2D eigenvalue weighted by Crippen LogP contribution is -2.40. The Bertz CT molecular complexity index is 1220. The van der Waals surface area contributed by atoms with E-state index in [-0.39, 0.29) is 18.1 Å². The summed E-state index contributed by atoms with van der Waals surface area (Å²) in [6.07, 6.45) is 0. The van der Waals surface area contributed by atoms with Crippen LogP contribution in [0, 0.1) is 5.82 Å². The molecule has 0 saturated carbocycles. The van der Waals surface area contributed by atoms with Crippen LogP contribution in [-0.4, -0.2) is 38.5 Å². The van der Waals surface area contributed by atoms with Gasteiger partial charge in [0.1, 0.15) is 5.82 Å². The molecule has 3 aromatic rings. The second-order valence-electron chi connectivity index (χ2n) is 7.33. The van der Waals surface area contributed by atoms with E-state index in [0.29, 0.717) is 11.1 Å². The van der Waals surface area contributed by atoms with Gasteiger partial charge >= 0.3 is 10.2 Å². The highest BCUT2D eigenvalue weighted by molar-refractivity contribution is 7.99. The van der Waals surface area contributed by atoms with Gasteiger partial charge in [0.2, 0.25) is 0 Å². The number of carbonyl (C=O) groups excluding carboxylic acids is 1. The van der Waals surface area contributed by atoms with Gasteiger partial charge in [-0.1, -0.05) is 43.3 Å². The summed E-state index contributed by atoms with van der Waals surface area (Å²) in [5, 5.41) is 2.92. The molecular weight excluding hydrogens is 461 g/mol. The highest BCUT2D eigenvalue weighted by Gasteiger charge is 2.27. The smallest absolute Gasteiger partial charge is 0.303 e. The molecule has 3 aromatic carbocycles. The Morgan fingerprint density at radius 1 is 0.970 bits per heavy atom. The molecule has 0 saturated heterocycles. The molecule has 0 spiro atoms. The predicted octanol–water partition coefficient (Wildman–Crippen LogP) is 5.00. The Balaban J connectivity index is 1.82. The van der Waals surface area contributed by atoms with Crippen molar-refractivity contribution in [2.24, 2.45) is 0 Å². The van der Waals surface area contributed by atoms with Crippen LogP contribution in [-0.2, 0) is 16.8 Å². The SMILES string of the molecule is CCSc1ccccc1NC(=O)c1ccc(CN(c2ccccc2F)S(=O)(=O)N(C)C)cc1. The van der Waals surface area contributed by atoms with Crippen LogP contribution < -0.4 is 9.62 Å². The molecule has 0 aliphatic heterocycles. The number of halogens is 1. The van der Waals surface area contributed by atoms with Crippen LogP contribution in [0.2, 0.25) is 0 Å². The van der Waals surface area contributed by atoms with Gasteiger partial charge in [-0.2, -0.15) is 12.7 Å². The number of nitrogens with zero attached hydrogens (tertiary/aromatic N) is 2. The molecular formula is C24H26FN3O3S2. The Hall–Kier alpha value is -2.88. The number of rotatable bonds is 9. The van der Waals surface area contributed by atoms with Crippen LogP contribution >= 0.6 is 11.8 Å². The van der Waals surface area contributed by atoms with Gasteiger partial charge < -0.3 is 5.32 Å². The summed E-state index contributed by atoms with van der Waals surface area (Å²) in [7, 11) is -1.16. The maximum Gasteiger partial charge on any atom is 0.303 e. The van der Waals surface area contributed by atoms with Gasteiger partial charge in [0.15, 0.2) is 0 Å². The normalized spacial score (nSPS) is 11.4. The molecule has 0 aromatic heterocycles. The van der Waals surface area contributed by atoms with Gasteiger partial charge in [-0.3, -0.25) is 9.10 Å². The van der Waals surface area contributed by atoms with Gasteiger partial charge in [-0.25, -0.2) is 4.39 Å². The van der Waals surface area contributed by atoms with Gasteiger partial charge in [0.05, 0.1) is 17.9 Å². The number of anilines is 2. The second kappa shape index (κ2) is 10.8. The Morgan fingerprint density at radius 3 is 2.24 bits per heavy atom. The minimum Gasteiger partial charge on any atom is -0.321 e. The first kappa shape index (κ1) is 24.8. The second-order valence-corrected chi connectivity index (χ2v) is 10.7. The number of benzene rings is 3. The van der Waals surface area contributed by atoms with E-state index < -0.39 is 16.0 Å². The number of hydrogen-bond donors (Lipinski definition) is 1. The topological polar surface area (TPSA) is 69.7 Å². The van der Waals surface area contributed by atoms with Crippen molar-refractivity contribution < 1.29 is 17.6 Å². The van der Waals surface area contributed by atoms with E-state index in [1.165, 1.54) is 32.3 Å². The summed E-state index contributed by atoms with van der Waals surface area (Å²) >= 11 is 1.64. The molecule has 6 nitrogen and oxygen atoms in total. The monoisotopic (exact) mass is 487 g/mol. The highest BCUT2D eigenvalue weighted by atomic mass is 32.2. The molecule has 0 aliphatic carbocycles. The standard InChI is InChI=1S/C24H26FN3O3S2/c1-4-32-23-12-8-6-10-21(23)26-24(29)19-15-13-18(14-16-19)17-28(33(30,31)27(2)3)22-11-7-5-9-20(22)25/h5-16H,4,17H2,1-3H3,(H,26,29). The van der Waals surface area contributed by atoms with Crippen molar-refractivity contribution in [3.8, 4) is 0 Å². The lowest BCUT2D eigenvalue weighted by molar-refractivity contribution is 0.102. The molecule has 33 heavy (non-hydrogen) atoms. The number of para-hydroxylation sites is 2. The maximum atomic E-state index is 14.4.